The number of carboxylic acids is 2. The second-order valence-corrected chi connectivity index (χ2v) is 8.20. The van der Waals surface area contributed by atoms with E-state index < -0.39 is 53.6 Å². The van der Waals surface area contributed by atoms with E-state index in [0.717, 1.165) is 4.90 Å². The van der Waals surface area contributed by atoms with Crippen molar-refractivity contribution < 1.29 is 39.2 Å². The molecule has 4 rings (SSSR count). The molecular formula is C23H22N2O8. The highest BCUT2D eigenvalue weighted by Crippen LogP contribution is 2.51. The van der Waals surface area contributed by atoms with Gasteiger partial charge in [-0.05, 0) is 36.2 Å². The van der Waals surface area contributed by atoms with E-state index in [1.165, 1.54) is 25.3 Å². The number of aliphatic carboxylic acids is 2. The molecule has 0 bridgehead atoms. The van der Waals surface area contributed by atoms with Crippen molar-refractivity contribution in [1.82, 2.24) is 5.32 Å². The smallest absolute Gasteiger partial charge is 0.325 e. The molecule has 2 heterocycles. The van der Waals surface area contributed by atoms with E-state index in [-0.39, 0.29) is 11.5 Å². The summed E-state index contributed by atoms with van der Waals surface area (Å²) in [4.78, 5) is 52.2. The van der Waals surface area contributed by atoms with Gasteiger partial charge in [-0.1, -0.05) is 24.3 Å². The van der Waals surface area contributed by atoms with Crippen LogP contribution in [0.4, 0.5) is 5.69 Å². The quantitative estimate of drug-likeness (QED) is 0.475. The summed E-state index contributed by atoms with van der Waals surface area (Å²) in [5.41, 5.74) is -0.884. The molecule has 2 saturated heterocycles. The molecule has 2 aliphatic heterocycles. The van der Waals surface area contributed by atoms with E-state index in [0.29, 0.717) is 16.8 Å². The van der Waals surface area contributed by atoms with E-state index in [1.54, 1.807) is 31.2 Å². The fourth-order valence-corrected chi connectivity index (χ4v) is 4.90. The fraction of sp³-hybridized carbons (Fsp3) is 0.304. The molecule has 2 aromatic rings. The lowest BCUT2D eigenvalue weighted by Gasteiger charge is -2.30. The number of carbonyl (C=O) groups excluding carboxylic acids is 2. The number of anilines is 1. The van der Waals surface area contributed by atoms with Crippen molar-refractivity contribution in [3.63, 3.8) is 0 Å². The second kappa shape index (κ2) is 7.89. The van der Waals surface area contributed by atoms with Crippen molar-refractivity contribution in [2.24, 2.45) is 11.8 Å². The van der Waals surface area contributed by atoms with Crippen molar-refractivity contribution in [2.75, 3.05) is 12.0 Å². The Kier molecular flexibility index (Phi) is 5.33. The summed E-state index contributed by atoms with van der Waals surface area (Å²) in [6, 6.07) is 9.90. The summed E-state index contributed by atoms with van der Waals surface area (Å²) < 4.78 is 5.12. The molecule has 0 spiro atoms. The zero-order valence-corrected chi connectivity index (χ0v) is 17.8. The molecular weight excluding hydrogens is 432 g/mol. The van der Waals surface area contributed by atoms with Crippen LogP contribution in [0.3, 0.4) is 0 Å². The number of nitrogens with one attached hydrogen (secondary N) is 1. The Morgan fingerprint density at radius 1 is 1.12 bits per heavy atom. The summed E-state index contributed by atoms with van der Waals surface area (Å²) in [5.74, 6) is -7.08. The Morgan fingerprint density at radius 3 is 2.42 bits per heavy atom. The van der Waals surface area contributed by atoms with Gasteiger partial charge >= 0.3 is 11.9 Å². The van der Waals surface area contributed by atoms with Crippen LogP contribution >= 0.6 is 0 Å². The monoisotopic (exact) mass is 454 g/mol. The van der Waals surface area contributed by atoms with Gasteiger partial charge in [-0.3, -0.25) is 24.5 Å². The van der Waals surface area contributed by atoms with Gasteiger partial charge in [-0.25, -0.2) is 4.90 Å². The van der Waals surface area contributed by atoms with Crippen molar-refractivity contribution in [3.8, 4) is 11.5 Å². The van der Waals surface area contributed by atoms with Crippen LogP contribution in [0.2, 0.25) is 0 Å². The average molecular weight is 454 g/mol. The molecule has 4 N–H and O–H groups in total. The Bertz CT molecular complexity index is 1180. The summed E-state index contributed by atoms with van der Waals surface area (Å²) in [6.45, 7) is 1.71. The predicted octanol–water partition coefficient (Wildman–Crippen LogP) is 1.46. The topological polar surface area (TPSA) is 153 Å². The number of rotatable bonds is 6. The number of benzene rings is 2. The Morgan fingerprint density at radius 2 is 1.82 bits per heavy atom. The van der Waals surface area contributed by atoms with Crippen molar-refractivity contribution in [1.29, 1.82) is 0 Å². The number of ether oxygens (including phenoxy) is 1. The number of nitrogens with zero attached hydrogens (tertiary/aromatic N) is 1. The van der Waals surface area contributed by atoms with Gasteiger partial charge in [-0.15, -0.1) is 0 Å². The lowest BCUT2D eigenvalue weighted by atomic mass is 9.77. The maximum Gasteiger partial charge on any atom is 0.325 e. The third-order valence-electron chi connectivity index (χ3n) is 6.39. The highest BCUT2D eigenvalue weighted by molar-refractivity contribution is 6.24. The first-order chi connectivity index (χ1) is 15.6. The van der Waals surface area contributed by atoms with Gasteiger partial charge < -0.3 is 20.1 Å². The molecule has 33 heavy (non-hydrogen) atoms. The van der Waals surface area contributed by atoms with Crippen molar-refractivity contribution in [2.45, 2.75) is 24.9 Å². The standard InChI is InChI=1S/C23H22N2O8/c1-11-5-3-4-6-13(11)25-20(29)17-18(21(25)30)23(22(31)32,10-16(27)28)24-19(17)12-7-8-14(26)15(9-12)33-2/h3-9,17-19,24,26H,10H2,1-2H3,(H,27,28)(H,31,32). The summed E-state index contributed by atoms with van der Waals surface area (Å²) in [7, 11) is 1.33. The van der Waals surface area contributed by atoms with Crippen LogP contribution in [0.5, 0.6) is 11.5 Å². The Hall–Kier alpha value is -3.92. The van der Waals surface area contributed by atoms with Gasteiger partial charge in [-0.2, -0.15) is 0 Å². The number of hydrogen-bond acceptors (Lipinski definition) is 7. The molecule has 0 saturated carbocycles. The molecule has 4 unspecified atom stereocenters. The first-order valence-electron chi connectivity index (χ1n) is 10.2. The molecule has 0 aliphatic carbocycles. The third kappa shape index (κ3) is 3.30. The van der Waals surface area contributed by atoms with Crippen LogP contribution in [0.25, 0.3) is 0 Å². The minimum atomic E-state index is -2.21. The number of phenolic OH excluding ortho intramolecular Hbond substituents is 1. The van der Waals surface area contributed by atoms with Gasteiger partial charge in [0.2, 0.25) is 11.8 Å². The van der Waals surface area contributed by atoms with E-state index >= 15 is 0 Å². The number of aryl methyl sites for hydroxylation is 1. The highest BCUT2D eigenvalue weighted by Gasteiger charge is 2.69. The lowest BCUT2D eigenvalue weighted by Crippen LogP contribution is -2.57. The van der Waals surface area contributed by atoms with Crippen LogP contribution in [-0.4, -0.2) is 51.7 Å². The molecule has 2 fully saturated rings. The number of aromatic hydroxyl groups is 1. The van der Waals surface area contributed by atoms with Gasteiger partial charge in [0.05, 0.1) is 31.1 Å². The summed E-state index contributed by atoms with van der Waals surface area (Å²) in [6.07, 6.45) is -0.907. The van der Waals surface area contributed by atoms with E-state index in [2.05, 4.69) is 5.32 Å². The lowest BCUT2D eigenvalue weighted by molar-refractivity contribution is -0.154. The maximum absolute atomic E-state index is 13.6. The van der Waals surface area contributed by atoms with E-state index in [1.807, 2.05) is 0 Å². The zero-order valence-electron chi connectivity index (χ0n) is 17.8. The number of methoxy groups -OCH3 is 1. The predicted molar refractivity (Wildman–Crippen MR) is 114 cm³/mol. The number of amides is 2. The molecule has 2 aliphatic rings. The van der Waals surface area contributed by atoms with Gasteiger partial charge in [0.15, 0.2) is 11.5 Å². The highest BCUT2D eigenvalue weighted by atomic mass is 16.5. The third-order valence-corrected chi connectivity index (χ3v) is 6.39. The fourth-order valence-electron chi connectivity index (χ4n) is 4.90. The molecule has 172 valence electrons. The number of imide groups is 1. The number of phenols is 1. The molecule has 10 heteroatoms. The van der Waals surface area contributed by atoms with Gasteiger partial charge in [0, 0.05) is 6.04 Å². The molecule has 0 radical (unpaired) electrons. The Balaban J connectivity index is 1.90. The minimum Gasteiger partial charge on any atom is -0.504 e. The number of fused-ring (bicyclic) bond motifs is 1. The SMILES string of the molecule is COc1cc(C2NC(CC(=O)O)(C(=O)O)C3C(=O)N(c4ccccc4C)C(=O)C23)ccc1O. The number of carboxylic acid groups (broad SMARTS) is 2. The van der Waals surface area contributed by atoms with Crippen LogP contribution in [-0.2, 0) is 19.2 Å². The average Bonchev–Trinajstić information content (AvgIpc) is 3.23. The molecule has 4 atom stereocenters. The first kappa shape index (κ1) is 22.3. The largest absolute Gasteiger partial charge is 0.504 e. The minimum absolute atomic E-state index is 0.0874. The van der Waals surface area contributed by atoms with Gasteiger partial charge in [0.1, 0.15) is 5.54 Å². The number of carbonyl (C=O) groups is 4. The summed E-state index contributed by atoms with van der Waals surface area (Å²) in [5, 5.41) is 32.3. The normalized spacial score (nSPS) is 26.4. The molecule has 10 nitrogen and oxygen atoms in total. The van der Waals surface area contributed by atoms with Gasteiger partial charge in [0.25, 0.3) is 0 Å². The van der Waals surface area contributed by atoms with E-state index in [4.69, 9.17) is 4.74 Å². The van der Waals surface area contributed by atoms with Crippen molar-refractivity contribution >= 4 is 29.4 Å². The molecule has 2 aromatic carbocycles. The van der Waals surface area contributed by atoms with E-state index in [9.17, 15) is 34.5 Å². The van der Waals surface area contributed by atoms with Crippen LogP contribution in [0, 0.1) is 18.8 Å². The first-order valence-corrected chi connectivity index (χ1v) is 10.2. The van der Waals surface area contributed by atoms with Crippen molar-refractivity contribution in [3.05, 3.63) is 53.6 Å². The number of para-hydroxylation sites is 1. The molecule has 0 aromatic heterocycles. The molecule has 2 amide bonds. The van der Waals surface area contributed by atoms with Crippen LogP contribution in [0.1, 0.15) is 23.6 Å². The second-order valence-electron chi connectivity index (χ2n) is 8.20. The van der Waals surface area contributed by atoms with Crippen LogP contribution < -0.4 is 15.0 Å². The van der Waals surface area contributed by atoms with Crippen LogP contribution in [0.15, 0.2) is 42.5 Å². The number of hydrogen-bond donors (Lipinski definition) is 4. The summed E-state index contributed by atoms with van der Waals surface area (Å²) >= 11 is 0. The maximum atomic E-state index is 13.6. The zero-order chi connectivity index (χ0) is 24.1. The Labute approximate surface area is 188 Å².